The van der Waals surface area contributed by atoms with Gasteiger partial charge in [-0.25, -0.2) is 8.42 Å². The van der Waals surface area contributed by atoms with Gasteiger partial charge in [-0.05, 0) is 35.9 Å². The van der Waals surface area contributed by atoms with E-state index in [1.54, 1.807) is 54.7 Å². The molecule has 0 aliphatic carbocycles. The van der Waals surface area contributed by atoms with Crippen molar-refractivity contribution in [3.8, 4) is 23.2 Å². The van der Waals surface area contributed by atoms with Crippen molar-refractivity contribution in [3.63, 3.8) is 0 Å². The molecule has 9 heteroatoms. The van der Waals surface area contributed by atoms with Crippen molar-refractivity contribution in [2.24, 2.45) is 0 Å². The standard InChI is InChI=1S/C19H14ClN3O4S/c20-15-6-2-1-5-13(15)11-28(24,25)12-14-8-9-17(26-14)19-22-18(23-27-19)16-7-3-4-10-21-16/h1-10H,11-12H2. The number of rotatable bonds is 6. The van der Waals surface area contributed by atoms with Gasteiger partial charge >= 0.3 is 0 Å². The third-order valence-electron chi connectivity index (χ3n) is 3.89. The Morgan fingerprint density at radius 1 is 0.964 bits per heavy atom. The fraction of sp³-hybridized carbons (Fsp3) is 0.105. The van der Waals surface area contributed by atoms with E-state index in [0.717, 1.165) is 0 Å². The predicted molar refractivity (Wildman–Crippen MR) is 103 cm³/mol. The van der Waals surface area contributed by atoms with E-state index in [0.29, 0.717) is 22.1 Å². The second-order valence-corrected chi connectivity index (χ2v) is 8.50. The van der Waals surface area contributed by atoms with E-state index < -0.39 is 9.84 Å². The monoisotopic (exact) mass is 415 g/mol. The molecule has 0 saturated carbocycles. The number of hydrogen-bond acceptors (Lipinski definition) is 7. The molecule has 7 nitrogen and oxygen atoms in total. The molecule has 3 heterocycles. The highest BCUT2D eigenvalue weighted by Gasteiger charge is 2.20. The zero-order valence-electron chi connectivity index (χ0n) is 14.4. The van der Waals surface area contributed by atoms with Crippen LogP contribution in [0.1, 0.15) is 11.3 Å². The van der Waals surface area contributed by atoms with Crippen LogP contribution in [-0.4, -0.2) is 23.5 Å². The predicted octanol–water partition coefficient (Wildman–Crippen LogP) is 4.16. The first-order chi connectivity index (χ1) is 13.5. The summed E-state index contributed by atoms with van der Waals surface area (Å²) in [6.07, 6.45) is 1.63. The highest BCUT2D eigenvalue weighted by molar-refractivity contribution is 7.89. The molecule has 4 rings (SSSR count). The SMILES string of the molecule is O=S(=O)(Cc1ccc(-c2nc(-c3ccccn3)no2)o1)Cc1ccccc1Cl. The number of nitrogens with zero attached hydrogens (tertiary/aromatic N) is 3. The molecule has 1 aromatic carbocycles. The van der Waals surface area contributed by atoms with Crippen molar-refractivity contribution in [2.75, 3.05) is 0 Å². The van der Waals surface area contributed by atoms with E-state index in [9.17, 15) is 8.42 Å². The Kier molecular flexibility index (Phi) is 4.97. The smallest absolute Gasteiger partial charge is 0.293 e. The summed E-state index contributed by atoms with van der Waals surface area (Å²) in [5, 5.41) is 4.29. The first-order valence-electron chi connectivity index (χ1n) is 8.28. The van der Waals surface area contributed by atoms with Crippen LogP contribution in [0.5, 0.6) is 0 Å². The lowest BCUT2D eigenvalue weighted by Crippen LogP contribution is -2.07. The second kappa shape index (κ2) is 7.57. The quantitative estimate of drug-likeness (QED) is 0.466. The molecule has 0 amide bonds. The van der Waals surface area contributed by atoms with Gasteiger partial charge < -0.3 is 8.94 Å². The molecule has 28 heavy (non-hydrogen) atoms. The lowest BCUT2D eigenvalue weighted by atomic mass is 10.2. The molecule has 0 aliphatic heterocycles. The summed E-state index contributed by atoms with van der Waals surface area (Å²) in [5.74, 6) is 0.597. The summed E-state index contributed by atoms with van der Waals surface area (Å²) in [6, 6.07) is 15.4. The van der Waals surface area contributed by atoms with Gasteiger partial charge in [-0.2, -0.15) is 4.98 Å². The van der Waals surface area contributed by atoms with Gasteiger partial charge in [0.25, 0.3) is 5.89 Å². The Labute approximate surface area is 165 Å². The minimum absolute atomic E-state index is 0.149. The van der Waals surface area contributed by atoms with E-state index in [1.807, 2.05) is 6.07 Å². The number of halogens is 1. The number of benzene rings is 1. The molecule has 0 spiro atoms. The molecule has 0 bridgehead atoms. The highest BCUT2D eigenvalue weighted by atomic mass is 35.5. The summed E-state index contributed by atoms with van der Waals surface area (Å²) in [5.41, 5.74) is 1.11. The van der Waals surface area contributed by atoms with Crippen LogP contribution in [-0.2, 0) is 21.3 Å². The molecular weight excluding hydrogens is 402 g/mol. The Bertz CT molecular complexity index is 1200. The molecule has 142 valence electrons. The van der Waals surface area contributed by atoms with E-state index in [4.69, 9.17) is 20.5 Å². The molecule has 0 radical (unpaired) electrons. The van der Waals surface area contributed by atoms with Gasteiger partial charge in [0.1, 0.15) is 17.2 Å². The Hall–Kier alpha value is -2.97. The third-order valence-corrected chi connectivity index (χ3v) is 5.73. The maximum atomic E-state index is 12.5. The largest absolute Gasteiger partial charge is 0.455 e. The summed E-state index contributed by atoms with van der Waals surface area (Å²) in [4.78, 5) is 8.39. The van der Waals surface area contributed by atoms with E-state index in [1.165, 1.54) is 0 Å². The first-order valence-corrected chi connectivity index (χ1v) is 10.5. The van der Waals surface area contributed by atoms with Gasteiger partial charge in [0.05, 0.1) is 5.75 Å². The summed E-state index contributed by atoms with van der Waals surface area (Å²) in [6.45, 7) is 0. The number of aromatic nitrogens is 3. The van der Waals surface area contributed by atoms with Crippen molar-refractivity contribution < 1.29 is 17.4 Å². The normalized spacial score (nSPS) is 11.6. The van der Waals surface area contributed by atoms with Crippen LogP contribution in [0.4, 0.5) is 0 Å². The van der Waals surface area contributed by atoms with Crippen molar-refractivity contribution in [3.05, 3.63) is 77.1 Å². The van der Waals surface area contributed by atoms with Crippen LogP contribution in [0, 0.1) is 0 Å². The van der Waals surface area contributed by atoms with Gasteiger partial charge in [0.15, 0.2) is 15.6 Å². The van der Waals surface area contributed by atoms with Gasteiger partial charge in [0.2, 0.25) is 5.82 Å². The van der Waals surface area contributed by atoms with E-state index in [-0.39, 0.29) is 28.9 Å². The number of pyridine rings is 1. The second-order valence-electron chi connectivity index (χ2n) is 6.03. The molecule has 0 fully saturated rings. The maximum Gasteiger partial charge on any atom is 0.293 e. The van der Waals surface area contributed by atoms with Gasteiger partial charge in [-0.1, -0.05) is 41.0 Å². The summed E-state index contributed by atoms with van der Waals surface area (Å²) >= 11 is 6.05. The maximum absolute atomic E-state index is 12.5. The van der Waals surface area contributed by atoms with Crippen molar-refractivity contribution in [1.82, 2.24) is 15.1 Å². The fourth-order valence-electron chi connectivity index (χ4n) is 2.61. The molecule has 0 unspecified atom stereocenters. The molecule has 0 saturated heterocycles. The number of furan rings is 1. The Morgan fingerprint density at radius 2 is 1.79 bits per heavy atom. The summed E-state index contributed by atoms with van der Waals surface area (Å²) in [7, 11) is -3.47. The molecule has 0 N–H and O–H groups in total. The van der Waals surface area contributed by atoms with Crippen molar-refractivity contribution in [2.45, 2.75) is 11.5 Å². The molecule has 0 atom stereocenters. The third kappa shape index (κ3) is 4.13. The van der Waals surface area contributed by atoms with Crippen LogP contribution in [0.25, 0.3) is 23.2 Å². The van der Waals surface area contributed by atoms with Gasteiger partial charge in [-0.15, -0.1) is 0 Å². The number of hydrogen-bond donors (Lipinski definition) is 0. The zero-order chi connectivity index (χ0) is 19.6. The number of sulfone groups is 1. The topological polar surface area (TPSA) is 99.1 Å². The fourth-order valence-corrected chi connectivity index (χ4v) is 4.31. The molecule has 3 aromatic heterocycles. The Balaban J connectivity index is 1.50. The van der Waals surface area contributed by atoms with E-state index >= 15 is 0 Å². The van der Waals surface area contributed by atoms with Crippen LogP contribution < -0.4 is 0 Å². The van der Waals surface area contributed by atoms with Crippen LogP contribution >= 0.6 is 11.6 Å². The van der Waals surface area contributed by atoms with E-state index in [2.05, 4.69) is 15.1 Å². The minimum Gasteiger partial charge on any atom is -0.455 e. The summed E-state index contributed by atoms with van der Waals surface area (Å²) < 4.78 is 35.7. The van der Waals surface area contributed by atoms with Gasteiger partial charge in [0, 0.05) is 11.2 Å². The molecule has 4 aromatic rings. The lowest BCUT2D eigenvalue weighted by Gasteiger charge is -2.04. The first kappa shape index (κ1) is 18.4. The van der Waals surface area contributed by atoms with Crippen LogP contribution in [0.3, 0.4) is 0 Å². The Morgan fingerprint density at radius 3 is 2.57 bits per heavy atom. The minimum atomic E-state index is -3.47. The molecule has 0 aliphatic rings. The van der Waals surface area contributed by atoms with Crippen molar-refractivity contribution >= 4 is 21.4 Å². The van der Waals surface area contributed by atoms with Gasteiger partial charge in [-0.3, -0.25) is 4.98 Å². The van der Waals surface area contributed by atoms with Crippen LogP contribution in [0.2, 0.25) is 5.02 Å². The lowest BCUT2D eigenvalue weighted by molar-refractivity contribution is 0.413. The molecular formula is C19H14ClN3O4S. The zero-order valence-corrected chi connectivity index (χ0v) is 16.0. The van der Waals surface area contributed by atoms with Crippen LogP contribution in [0.15, 0.2) is 69.7 Å². The highest BCUT2D eigenvalue weighted by Crippen LogP contribution is 2.25. The average molecular weight is 416 g/mol. The average Bonchev–Trinajstić information content (AvgIpc) is 3.33. The van der Waals surface area contributed by atoms with Crippen molar-refractivity contribution in [1.29, 1.82) is 0 Å².